The topological polar surface area (TPSA) is 9.23 Å². The minimum absolute atomic E-state index is 0.943. The highest BCUT2D eigenvalue weighted by Crippen LogP contribution is 2.18. The van der Waals surface area contributed by atoms with Crippen LogP contribution < -0.4 is 4.74 Å². The van der Waals surface area contributed by atoms with Gasteiger partial charge >= 0.3 is 0 Å². The molecule has 0 aliphatic carbocycles. The number of methoxy groups -OCH3 is 1. The van der Waals surface area contributed by atoms with Gasteiger partial charge in [0.05, 0.1) is 7.11 Å². The number of rotatable bonds is 4. The summed E-state index contributed by atoms with van der Waals surface area (Å²) in [4.78, 5) is 0. The van der Waals surface area contributed by atoms with E-state index in [2.05, 4.69) is 49.4 Å². The molecule has 0 N–H and O–H groups in total. The molecule has 2 aromatic rings. The Morgan fingerprint density at radius 2 is 1.71 bits per heavy atom. The highest BCUT2D eigenvalue weighted by Gasteiger charge is 2.01. The van der Waals surface area contributed by atoms with Crippen molar-refractivity contribution in [2.24, 2.45) is 0 Å². The summed E-state index contributed by atoms with van der Waals surface area (Å²) in [5, 5.41) is 0. The van der Waals surface area contributed by atoms with Gasteiger partial charge in [-0.2, -0.15) is 0 Å². The average molecular weight is 226 g/mol. The summed E-state index contributed by atoms with van der Waals surface area (Å²) < 4.78 is 5.26. The van der Waals surface area contributed by atoms with Gasteiger partial charge in [0, 0.05) is 0 Å². The molecule has 0 radical (unpaired) electrons. The summed E-state index contributed by atoms with van der Waals surface area (Å²) >= 11 is 0. The number of ether oxygens (including phenoxy) is 1. The maximum Gasteiger partial charge on any atom is 0.119 e. The molecule has 0 bridgehead atoms. The molecule has 1 heteroatoms. The van der Waals surface area contributed by atoms with Crippen LogP contribution in [-0.4, -0.2) is 7.11 Å². The molecule has 0 heterocycles. The quantitative estimate of drug-likeness (QED) is 0.770. The lowest BCUT2D eigenvalue weighted by molar-refractivity contribution is 0.414. The van der Waals surface area contributed by atoms with Gasteiger partial charge in [-0.1, -0.05) is 36.4 Å². The van der Waals surface area contributed by atoms with Gasteiger partial charge < -0.3 is 4.74 Å². The van der Waals surface area contributed by atoms with Crippen LogP contribution in [0.2, 0.25) is 0 Å². The summed E-state index contributed by atoms with van der Waals surface area (Å²) in [5.74, 6) is 0.943. The van der Waals surface area contributed by atoms with Gasteiger partial charge in [-0.05, 0) is 48.6 Å². The molecule has 0 saturated heterocycles. The minimum atomic E-state index is 0.943. The molecule has 0 fully saturated rings. The molecule has 88 valence electrons. The van der Waals surface area contributed by atoms with Crippen LogP contribution in [0.25, 0.3) is 0 Å². The molecule has 2 aromatic carbocycles. The van der Waals surface area contributed by atoms with Crippen molar-refractivity contribution in [2.45, 2.75) is 19.8 Å². The van der Waals surface area contributed by atoms with E-state index in [4.69, 9.17) is 4.74 Å². The van der Waals surface area contributed by atoms with Gasteiger partial charge in [-0.25, -0.2) is 0 Å². The normalized spacial score (nSPS) is 10.2. The van der Waals surface area contributed by atoms with Crippen molar-refractivity contribution >= 4 is 0 Å². The van der Waals surface area contributed by atoms with Gasteiger partial charge in [0.2, 0.25) is 0 Å². The van der Waals surface area contributed by atoms with Crippen LogP contribution in [0, 0.1) is 6.92 Å². The fourth-order valence-electron chi connectivity index (χ4n) is 1.97. The van der Waals surface area contributed by atoms with E-state index in [9.17, 15) is 0 Å². The van der Waals surface area contributed by atoms with Crippen LogP contribution in [0.5, 0.6) is 5.75 Å². The highest BCUT2D eigenvalue weighted by atomic mass is 16.5. The van der Waals surface area contributed by atoms with E-state index in [-0.39, 0.29) is 0 Å². The van der Waals surface area contributed by atoms with E-state index >= 15 is 0 Å². The lowest BCUT2D eigenvalue weighted by atomic mass is 10.0. The molecule has 0 aliphatic heterocycles. The minimum Gasteiger partial charge on any atom is -0.497 e. The van der Waals surface area contributed by atoms with E-state index < -0.39 is 0 Å². The average Bonchev–Trinajstić information content (AvgIpc) is 2.39. The van der Waals surface area contributed by atoms with E-state index in [0.717, 1.165) is 18.6 Å². The molecule has 0 aliphatic rings. The Morgan fingerprint density at radius 1 is 0.941 bits per heavy atom. The summed E-state index contributed by atoms with van der Waals surface area (Å²) in [6.45, 7) is 2.15. The van der Waals surface area contributed by atoms with E-state index in [1.165, 1.54) is 16.7 Å². The van der Waals surface area contributed by atoms with Crippen LogP contribution in [0.1, 0.15) is 16.7 Å². The molecule has 2 rings (SSSR count). The number of hydrogen-bond donors (Lipinski definition) is 0. The van der Waals surface area contributed by atoms with Crippen LogP contribution in [0.4, 0.5) is 0 Å². The second kappa shape index (κ2) is 5.53. The molecule has 0 spiro atoms. The third kappa shape index (κ3) is 3.10. The molecule has 0 atom stereocenters. The SMILES string of the molecule is COc1ccc(C)c(CCc2ccccc2)c1. The first kappa shape index (κ1) is 11.7. The Kier molecular flexibility index (Phi) is 3.81. The molecule has 1 nitrogen and oxygen atoms in total. The first-order valence-corrected chi connectivity index (χ1v) is 5.97. The number of benzene rings is 2. The third-order valence-corrected chi connectivity index (χ3v) is 3.08. The van der Waals surface area contributed by atoms with Crippen molar-refractivity contribution in [1.29, 1.82) is 0 Å². The van der Waals surface area contributed by atoms with Crippen LogP contribution in [-0.2, 0) is 12.8 Å². The van der Waals surface area contributed by atoms with Crippen molar-refractivity contribution in [3.8, 4) is 5.75 Å². The zero-order valence-electron chi connectivity index (χ0n) is 10.4. The predicted octanol–water partition coefficient (Wildman–Crippen LogP) is 3.79. The molecule has 0 unspecified atom stereocenters. The van der Waals surface area contributed by atoms with Gasteiger partial charge in [-0.3, -0.25) is 0 Å². The first-order chi connectivity index (χ1) is 8.29. The van der Waals surface area contributed by atoms with Crippen molar-refractivity contribution in [2.75, 3.05) is 7.11 Å². The molecular formula is C16H18O. The van der Waals surface area contributed by atoms with Crippen molar-refractivity contribution in [3.05, 3.63) is 65.2 Å². The monoisotopic (exact) mass is 226 g/mol. The van der Waals surface area contributed by atoms with Crippen LogP contribution in [0.15, 0.2) is 48.5 Å². The molecule has 0 amide bonds. The van der Waals surface area contributed by atoms with Gasteiger partial charge in [0.25, 0.3) is 0 Å². The molecule has 17 heavy (non-hydrogen) atoms. The van der Waals surface area contributed by atoms with Crippen molar-refractivity contribution in [3.63, 3.8) is 0 Å². The van der Waals surface area contributed by atoms with Crippen molar-refractivity contribution < 1.29 is 4.74 Å². The van der Waals surface area contributed by atoms with Crippen LogP contribution >= 0.6 is 0 Å². The summed E-state index contributed by atoms with van der Waals surface area (Å²) in [6, 6.07) is 16.9. The summed E-state index contributed by atoms with van der Waals surface area (Å²) in [6.07, 6.45) is 2.14. The maximum atomic E-state index is 5.26. The van der Waals surface area contributed by atoms with E-state index in [1.807, 2.05) is 6.07 Å². The number of aryl methyl sites for hydroxylation is 3. The Balaban J connectivity index is 2.08. The Bertz CT molecular complexity index is 474. The predicted molar refractivity (Wildman–Crippen MR) is 71.6 cm³/mol. The maximum absolute atomic E-state index is 5.26. The lowest BCUT2D eigenvalue weighted by Crippen LogP contribution is -1.95. The lowest BCUT2D eigenvalue weighted by Gasteiger charge is -2.08. The van der Waals surface area contributed by atoms with Gasteiger partial charge in [0.15, 0.2) is 0 Å². The fourth-order valence-corrected chi connectivity index (χ4v) is 1.97. The first-order valence-electron chi connectivity index (χ1n) is 5.97. The second-order valence-corrected chi connectivity index (χ2v) is 4.28. The Hall–Kier alpha value is -1.76. The molecule has 0 saturated carbocycles. The number of hydrogen-bond acceptors (Lipinski definition) is 1. The zero-order valence-corrected chi connectivity index (χ0v) is 10.4. The zero-order chi connectivity index (χ0) is 12.1. The Labute approximate surface area is 103 Å². The van der Waals surface area contributed by atoms with Crippen molar-refractivity contribution in [1.82, 2.24) is 0 Å². The molecular weight excluding hydrogens is 208 g/mol. The van der Waals surface area contributed by atoms with E-state index in [1.54, 1.807) is 7.11 Å². The van der Waals surface area contributed by atoms with E-state index in [0.29, 0.717) is 0 Å². The fraction of sp³-hybridized carbons (Fsp3) is 0.250. The highest BCUT2D eigenvalue weighted by molar-refractivity contribution is 5.35. The summed E-state index contributed by atoms with van der Waals surface area (Å²) in [7, 11) is 1.71. The largest absolute Gasteiger partial charge is 0.497 e. The standard InChI is InChI=1S/C16H18O/c1-13-8-11-16(17-2)12-15(13)10-9-14-6-4-3-5-7-14/h3-8,11-12H,9-10H2,1-2H3. The van der Waals surface area contributed by atoms with Gasteiger partial charge in [0.1, 0.15) is 5.75 Å². The third-order valence-electron chi connectivity index (χ3n) is 3.08. The Morgan fingerprint density at radius 3 is 2.41 bits per heavy atom. The smallest absolute Gasteiger partial charge is 0.119 e. The second-order valence-electron chi connectivity index (χ2n) is 4.28. The summed E-state index contributed by atoms with van der Waals surface area (Å²) in [5.41, 5.74) is 4.09. The van der Waals surface area contributed by atoms with Gasteiger partial charge in [-0.15, -0.1) is 0 Å². The molecule has 0 aromatic heterocycles. The van der Waals surface area contributed by atoms with Crippen LogP contribution in [0.3, 0.4) is 0 Å².